The summed E-state index contributed by atoms with van der Waals surface area (Å²) < 4.78 is 5.82. The van der Waals surface area contributed by atoms with E-state index in [1.165, 1.54) is 0 Å². The molecule has 0 unspecified atom stereocenters. The topological polar surface area (TPSA) is 41.5 Å². The number of anilines is 1. The SMILES string of the molecule is CC1(C)CNc2cccc(CO)c2O1. The lowest BCUT2D eigenvalue weighted by molar-refractivity contribution is 0.112. The van der Waals surface area contributed by atoms with Crippen LogP contribution in [0.2, 0.25) is 0 Å². The Bertz CT molecular complexity index is 333. The van der Waals surface area contributed by atoms with Gasteiger partial charge >= 0.3 is 0 Å². The van der Waals surface area contributed by atoms with Crippen LogP contribution >= 0.6 is 0 Å². The Hall–Kier alpha value is -1.22. The molecular formula is C11H15NO2. The third-order valence-electron chi connectivity index (χ3n) is 2.35. The molecule has 2 rings (SSSR count). The molecular weight excluding hydrogens is 178 g/mol. The number of nitrogens with one attached hydrogen (secondary N) is 1. The molecule has 1 aliphatic heterocycles. The summed E-state index contributed by atoms with van der Waals surface area (Å²) in [6, 6.07) is 5.75. The lowest BCUT2D eigenvalue weighted by atomic mass is 10.1. The number of hydrogen-bond acceptors (Lipinski definition) is 3. The van der Waals surface area contributed by atoms with Gasteiger partial charge in [0.2, 0.25) is 0 Å². The highest BCUT2D eigenvalue weighted by atomic mass is 16.5. The fraction of sp³-hybridized carbons (Fsp3) is 0.455. The van der Waals surface area contributed by atoms with Crippen LogP contribution < -0.4 is 10.1 Å². The molecule has 0 amide bonds. The van der Waals surface area contributed by atoms with Crippen molar-refractivity contribution >= 4 is 5.69 Å². The van der Waals surface area contributed by atoms with Crippen LogP contribution in [0.5, 0.6) is 5.75 Å². The van der Waals surface area contributed by atoms with Crippen LogP contribution in [0.4, 0.5) is 5.69 Å². The minimum Gasteiger partial charge on any atom is -0.483 e. The molecule has 0 spiro atoms. The van der Waals surface area contributed by atoms with Crippen LogP contribution in [0, 0.1) is 0 Å². The van der Waals surface area contributed by atoms with E-state index in [1.54, 1.807) is 0 Å². The number of aliphatic hydroxyl groups excluding tert-OH is 1. The van der Waals surface area contributed by atoms with Gasteiger partial charge in [-0.15, -0.1) is 0 Å². The predicted octanol–water partition coefficient (Wildman–Crippen LogP) is 1.76. The van der Waals surface area contributed by atoms with E-state index in [9.17, 15) is 0 Å². The standard InChI is InChI=1S/C11H15NO2/c1-11(2)7-12-9-5-3-4-8(6-13)10(9)14-11/h3-5,12-13H,6-7H2,1-2H3. The van der Waals surface area contributed by atoms with Gasteiger partial charge in [0.25, 0.3) is 0 Å². The Labute approximate surface area is 83.7 Å². The molecule has 3 heteroatoms. The summed E-state index contributed by atoms with van der Waals surface area (Å²) >= 11 is 0. The van der Waals surface area contributed by atoms with E-state index in [1.807, 2.05) is 32.0 Å². The molecule has 0 radical (unpaired) electrons. The van der Waals surface area contributed by atoms with Gasteiger partial charge in [-0.3, -0.25) is 0 Å². The van der Waals surface area contributed by atoms with Crippen LogP contribution in [0.1, 0.15) is 19.4 Å². The minimum atomic E-state index is -0.210. The summed E-state index contributed by atoms with van der Waals surface area (Å²) in [5, 5.41) is 12.4. The highest BCUT2D eigenvalue weighted by Gasteiger charge is 2.27. The zero-order chi connectivity index (χ0) is 10.2. The molecule has 0 fully saturated rings. The first kappa shape index (κ1) is 9.34. The third-order valence-corrected chi connectivity index (χ3v) is 2.35. The number of aliphatic hydroxyl groups is 1. The number of benzene rings is 1. The average molecular weight is 193 g/mol. The molecule has 3 nitrogen and oxygen atoms in total. The molecule has 14 heavy (non-hydrogen) atoms. The predicted molar refractivity (Wildman–Crippen MR) is 55.6 cm³/mol. The second kappa shape index (κ2) is 3.17. The number of ether oxygens (including phenoxy) is 1. The van der Waals surface area contributed by atoms with Gasteiger partial charge in [0.15, 0.2) is 0 Å². The fourth-order valence-corrected chi connectivity index (χ4v) is 1.59. The molecule has 0 atom stereocenters. The maximum absolute atomic E-state index is 9.16. The average Bonchev–Trinajstić information content (AvgIpc) is 2.15. The molecule has 1 aromatic carbocycles. The molecule has 1 aliphatic rings. The summed E-state index contributed by atoms with van der Waals surface area (Å²) in [5.41, 5.74) is 1.59. The highest BCUT2D eigenvalue weighted by molar-refractivity contribution is 5.61. The normalized spacial score (nSPS) is 17.9. The van der Waals surface area contributed by atoms with E-state index >= 15 is 0 Å². The largest absolute Gasteiger partial charge is 0.483 e. The Morgan fingerprint density at radius 3 is 3.00 bits per heavy atom. The smallest absolute Gasteiger partial charge is 0.148 e. The van der Waals surface area contributed by atoms with Gasteiger partial charge in [-0.25, -0.2) is 0 Å². The number of rotatable bonds is 1. The summed E-state index contributed by atoms with van der Waals surface area (Å²) in [6.45, 7) is 4.85. The monoisotopic (exact) mass is 193 g/mol. The number of para-hydroxylation sites is 1. The van der Waals surface area contributed by atoms with Gasteiger partial charge in [-0.1, -0.05) is 12.1 Å². The van der Waals surface area contributed by atoms with Gasteiger partial charge < -0.3 is 15.2 Å². The van der Waals surface area contributed by atoms with Gasteiger partial charge in [0.05, 0.1) is 18.8 Å². The van der Waals surface area contributed by atoms with E-state index < -0.39 is 0 Å². The third kappa shape index (κ3) is 1.55. The van der Waals surface area contributed by atoms with Crippen LogP contribution in [0.3, 0.4) is 0 Å². The van der Waals surface area contributed by atoms with E-state index in [0.29, 0.717) is 0 Å². The quantitative estimate of drug-likeness (QED) is 0.714. The van der Waals surface area contributed by atoms with Crippen molar-refractivity contribution in [2.24, 2.45) is 0 Å². The maximum atomic E-state index is 9.16. The van der Waals surface area contributed by atoms with Crippen LogP contribution in [0.15, 0.2) is 18.2 Å². The minimum absolute atomic E-state index is 0.0148. The fourth-order valence-electron chi connectivity index (χ4n) is 1.59. The van der Waals surface area contributed by atoms with Gasteiger partial charge in [0.1, 0.15) is 11.4 Å². The van der Waals surface area contributed by atoms with E-state index in [-0.39, 0.29) is 12.2 Å². The van der Waals surface area contributed by atoms with E-state index in [4.69, 9.17) is 9.84 Å². The Balaban J connectivity index is 2.43. The Morgan fingerprint density at radius 1 is 1.50 bits per heavy atom. The van der Waals surface area contributed by atoms with Crippen LogP contribution in [-0.4, -0.2) is 17.3 Å². The zero-order valence-corrected chi connectivity index (χ0v) is 8.50. The van der Waals surface area contributed by atoms with Crippen molar-refractivity contribution in [3.8, 4) is 5.75 Å². The lowest BCUT2D eigenvalue weighted by Gasteiger charge is -2.34. The maximum Gasteiger partial charge on any atom is 0.148 e. The Morgan fingerprint density at radius 2 is 2.29 bits per heavy atom. The molecule has 1 aromatic rings. The molecule has 1 heterocycles. The van der Waals surface area contributed by atoms with E-state index in [0.717, 1.165) is 23.5 Å². The first-order valence-corrected chi connectivity index (χ1v) is 4.78. The molecule has 76 valence electrons. The summed E-state index contributed by atoms with van der Waals surface area (Å²) in [7, 11) is 0. The summed E-state index contributed by atoms with van der Waals surface area (Å²) in [6.07, 6.45) is 0. The number of fused-ring (bicyclic) bond motifs is 1. The Kier molecular flexibility index (Phi) is 2.11. The van der Waals surface area contributed by atoms with Crippen molar-refractivity contribution < 1.29 is 9.84 Å². The van der Waals surface area contributed by atoms with Gasteiger partial charge in [0, 0.05) is 5.56 Å². The second-order valence-electron chi connectivity index (χ2n) is 4.17. The first-order valence-electron chi connectivity index (χ1n) is 4.78. The number of hydrogen-bond donors (Lipinski definition) is 2. The molecule has 0 aliphatic carbocycles. The van der Waals surface area contributed by atoms with Crippen molar-refractivity contribution in [1.82, 2.24) is 0 Å². The molecule has 0 bridgehead atoms. The van der Waals surface area contributed by atoms with Crippen molar-refractivity contribution in [3.05, 3.63) is 23.8 Å². The molecule has 0 saturated carbocycles. The van der Waals surface area contributed by atoms with Crippen molar-refractivity contribution in [2.75, 3.05) is 11.9 Å². The molecule has 0 aromatic heterocycles. The van der Waals surface area contributed by atoms with Crippen molar-refractivity contribution in [1.29, 1.82) is 0 Å². The van der Waals surface area contributed by atoms with Crippen LogP contribution in [-0.2, 0) is 6.61 Å². The van der Waals surface area contributed by atoms with E-state index in [2.05, 4.69) is 5.32 Å². The highest BCUT2D eigenvalue weighted by Crippen LogP contribution is 2.35. The van der Waals surface area contributed by atoms with Crippen LogP contribution in [0.25, 0.3) is 0 Å². The van der Waals surface area contributed by atoms with Crippen molar-refractivity contribution in [3.63, 3.8) is 0 Å². The summed E-state index contributed by atoms with van der Waals surface area (Å²) in [4.78, 5) is 0. The van der Waals surface area contributed by atoms with Gasteiger partial charge in [-0.2, -0.15) is 0 Å². The first-order chi connectivity index (χ1) is 6.62. The van der Waals surface area contributed by atoms with Gasteiger partial charge in [-0.05, 0) is 19.9 Å². The zero-order valence-electron chi connectivity index (χ0n) is 8.50. The summed E-state index contributed by atoms with van der Waals surface area (Å²) in [5.74, 6) is 0.784. The van der Waals surface area contributed by atoms with Crippen molar-refractivity contribution in [2.45, 2.75) is 26.1 Å². The second-order valence-corrected chi connectivity index (χ2v) is 4.17. The molecule has 0 saturated heterocycles. The lowest BCUT2D eigenvalue weighted by Crippen LogP contribution is -2.40. The molecule has 2 N–H and O–H groups in total.